The molecule has 0 aliphatic rings. The fourth-order valence-electron chi connectivity index (χ4n) is 1.54. The Morgan fingerprint density at radius 2 is 1.79 bits per heavy atom. The number of aromatic hydroxyl groups is 1. The van der Waals surface area contributed by atoms with Gasteiger partial charge in [0.1, 0.15) is 5.75 Å². The number of hydrogen-bond donors (Lipinski definition) is 3. The molecule has 0 aliphatic carbocycles. The number of nitrogens with one attached hydrogen (secondary N) is 2. The van der Waals surface area contributed by atoms with Crippen LogP contribution in [0.5, 0.6) is 5.75 Å². The molecule has 0 heterocycles. The zero-order valence-electron chi connectivity index (χ0n) is 10.1. The van der Waals surface area contributed by atoms with Gasteiger partial charge >= 0.3 is 6.03 Å². The van der Waals surface area contributed by atoms with Crippen molar-refractivity contribution >= 4 is 23.3 Å². The molecule has 0 radical (unpaired) electrons. The first-order valence-electron chi connectivity index (χ1n) is 5.72. The Labute approximate surface area is 116 Å². The van der Waals surface area contributed by atoms with E-state index in [1.54, 1.807) is 48.5 Å². The number of amides is 2. The quantitative estimate of drug-likeness (QED) is 0.805. The SMILES string of the molecule is O=C(NCc1ccccc1O)Nc1ccc(Cl)cc1. The largest absolute Gasteiger partial charge is 0.508 e. The van der Waals surface area contributed by atoms with Crippen LogP contribution in [-0.2, 0) is 6.54 Å². The molecule has 0 unspecified atom stereocenters. The van der Waals surface area contributed by atoms with Gasteiger partial charge in [-0.3, -0.25) is 0 Å². The zero-order chi connectivity index (χ0) is 13.7. The highest BCUT2D eigenvalue weighted by Crippen LogP contribution is 2.15. The van der Waals surface area contributed by atoms with Crippen molar-refractivity contribution < 1.29 is 9.90 Å². The number of anilines is 1. The average molecular weight is 277 g/mol. The van der Waals surface area contributed by atoms with Gasteiger partial charge < -0.3 is 15.7 Å². The summed E-state index contributed by atoms with van der Waals surface area (Å²) in [7, 11) is 0. The van der Waals surface area contributed by atoms with E-state index in [0.29, 0.717) is 16.3 Å². The van der Waals surface area contributed by atoms with E-state index in [2.05, 4.69) is 10.6 Å². The molecule has 2 aromatic rings. The summed E-state index contributed by atoms with van der Waals surface area (Å²) in [5.41, 5.74) is 1.31. The normalized spacial score (nSPS) is 9.95. The fraction of sp³-hybridized carbons (Fsp3) is 0.0714. The predicted molar refractivity (Wildman–Crippen MR) is 75.4 cm³/mol. The molecule has 2 rings (SSSR count). The minimum absolute atomic E-state index is 0.161. The monoisotopic (exact) mass is 276 g/mol. The summed E-state index contributed by atoms with van der Waals surface area (Å²) < 4.78 is 0. The smallest absolute Gasteiger partial charge is 0.319 e. The second-order valence-electron chi connectivity index (χ2n) is 3.94. The zero-order valence-corrected chi connectivity index (χ0v) is 10.8. The predicted octanol–water partition coefficient (Wildman–Crippen LogP) is 3.37. The Kier molecular flexibility index (Phi) is 4.26. The first-order chi connectivity index (χ1) is 9.15. The Bertz CT molecular complexity index is 570. The second-order valence-corrected chi connectivity index (χ2v) is 4.38. The topological polar surface area (TPSA) is 61.4 Å². The molecule has 2 amide bonds. The van der Waals surface area contributed by atoms with Gasteiger partial charge in [0, 0.05) is 22.8 Å². The molecular formula is C14H13ClN2O2. The molecule has 0 spiro atoms. The summed E-state index contributed by atoms with van der Waals surface area (Å²) in [6.07, 6.45) is 0. The van der Waals surface area contributed by atoms with E-state index < -0.39 is 0 Å². The van der Waals surface area contributed by atoms with E-state index in [9.17, 15) is 9.90 Å². The number of urea groups is 1. The van der Waals surface area contributed by atoms with Crippen molar-refractivity contribution in [1.82, 2.24) is 5.32 Å². The highest BCUT2D eigenvalue weighted by Gasteiger charge is 2.04. The Morgan fingerprint density at radius 3 is 2.47 bits per heavy atom. The molecule has 4 nitrogen and oxygen atoms in total. The average Bonchev–Trinajstić information content (AvgIpc) is 2.40. The maximum atomic E-state index is 11.6. The van der Waals surface area contributed by atoms with Crippen LogP contribution >= 0.6 is 11.6 Å². The molecule has 0 saturated carbocycles. The molecule has 0 atom stereocenters. The summed E-state index contributed by atoms with van der Waals surface area (Å²) in [6, 6.07) is 13.3. The highest BCUT2D eigenvalue weighted by atomic mass is 35.5. The number of para-hydroxylation sites is 1. The standard InChI is InChI=1S/C14H13ClN2O2/c15-11-5-7-12(8-6-11)17-14(19)16-9-10-3-1-2-4-13(10)18/h1-8,18H,9H2,(H2,16,17,19). The van der Waals surface area contributed by atoms with Crippen LogP contribution in [0.4, 0.5) is 10.5 Å². The second kappa shape index (κ2) is 6.11. The third kappa shape index (κ3) is 3.89. The third-order valence-electron chi connectivity index (χ3n) is 2.53. The van der Waals surface area contributed by atoms with Crippen LogP contribution in [-0.4, -0.2) is 11.1 Å². The van der Waals surface area contributed by atoms with E-state index >= 15 is 0 Å². The van der Waals surface area contributed by atoms with Crippen molar-refractivity contribution in [3.8, 4) is 5.75 Å². The lowest BCUT2D eigenvalue weighted by atomic mass is 10.2. The van der Waals surface area contributed by atoms with Crippen LogP contribution < -0.4 is 10.6 Å². The number of rotatable bonds is 3. The van der Waals surface area contributed by atoms with Crippen molar-refractivity contribution in [2.75, 3.05) is 5.32 Å². The minimum Gasteiger partial charge on any atom is -0.508 e. The number of hydrogen-bond acceptors (Lipinski definition) is 2. The van der Waals surface area contributed by atoms with Crippen molar-refractivity contribution in [1.29, 1.82) is 0 Å². The number of phenols is 1. The van der Waals surface area contributed by atoms with Crippen molar-refractivity contribution in [2.24, 2.45) is 0 Å². The summed E-state index contributed by atoms with van der Waals surface area (Å²) in [5, 5.41) is 15.5. The van der Waals surface area contributed by atoms with Crippen LogP contribution in [0.3, 0.4) is 0 Å². The van der Waals surface area contributed by atoms with Crippen LogP contribution in [0.15, 0.2) is 48.5 Å². The first-order valence-corrected chi connectivity index (χ1v) is 6.10. The molecule has 5 heteroatoms. The lowest BCUT2D eigenvalue weighted by Gasteiger charge is -2.08. The number of carbonyl (C=O) groups excluding carboxylic acids is 1. The van der Waals surface area contributed by atoms with Gasteiger partial charge in [-0.1, -0.05) is 29.8 Å². The fourth-order valence-corrected chi connectivity index (χ4v) is 1.67. The Balaban J connectivity index is 1.88. The number of halogens is 1. The third-order valence-corrected chi connectivity index (χ3v) is 2.79. The van der Waals surface area contributed by atoms with E-state index in [4.69, 9.17) is 11.6 Å². The van der Waals surface area contributed by atoms with Gasteiger partial charge in [0.05, 0.1) is 0 Å². The molecule has 0 aliphatic heterocycles. The molecule has 3 N–H and O–H groups in total. The molecule has 0 bridgehead atoms. The molecule has 98 valence electrons. The summed E-state index contributed by atoms with van der Waals surface area (Å²) in [5.74, 6) is 0.161. The van der Waals surface area contributed by atoms with Crippen LogP contribution in [0, 0.1) is 0 Å². The van der Waals surface area contributed by atoms with E-state index in [1.165, 1.54) is 0 Å². The van der Waals surface area contributed by atoms with E-state index in [0.717, 1.165) is 0 Å². The van der Waals surface area contributed by atoms with Gasteiger partial charge in [-0.05, 0) is 30.3 Å². The van der Waals surface area contributed by atoms with Gasteiger partial charge in [-0.2, -0.15) is 0 Å². The number of phenolic OH excluding ortho intramolecular Hbond substituents is 1. The van der Waals surface area contributed by atoms with E-state index in [1.807, 2.05) is 0 Å². The molecule has 0 fully saturated rings. The Morgan fingerprint density at radius 1 is 1.11 bits per heavy atom. The summed E-state index contributed by atoms with van der Waals surface area (Å²) >= 11 is 5.75. The molecule has 2 aromatic carbocycles. The number of benzene rings is 2. The summed E-state index contributed by atoms with van der Waals surface area (Å²) in [4.78, 5) is 11.6. The van der Waals surface area contributed by atoms with Gasteiger partial charge in [0.25, 0.3) is 0 Å². The van der Waals surface area contributed by atoms with Gasteiger partial charge in [-0.25, -0.2) is 4.79 Å². The van der Waals surface area contributed by atoms with Crippen LogP contribution in [0.2, 0.25) is 5.02 Å². The lowest BCUT2D eigenvalue weighted by Crippen LogP contribution is -2.28. The van der Waals surface area contributed by atoms with E-state index in [-0.39, 0.29) is 18.3 Å². The van der Waals surface area contributed by atoms with Gasteiger partial charge in [-0.15, -0.1) is 0 Å². The maximum Gasteiger partial charge on any atom is 0.319 e. The molecular weight excluding hydrogens is 264 g/mol. The minimum atomic E-state index is -0.342. The molecule has 0 saturated heterocycles. The highest BCUT2D eigenvalue weighted by molar-refractivity contribution is 6.30. The molecule has 0 aromatic heterocycles. The van der Waals surface area contributed by atoms with Crippen LogP contribution in [0.1, 0.15) is 5.56 Å². The van der Waals surface area contributed by atoms with Gasteiger partial charge in [0.15, 0.2) is 0 Å². The van der Waals surface area contributed by atoms with Gasteiger partial charge in [0.2, 0.25) is 0 Å². The van der Waals surface area contributed by atoms with Crippen molar-refractivity contribution in [3.63, 3.8) is 0 Å². The first kappa shape index (κ1) is 13.2. The number of carbonyl (C=O) groups is 1. The Hall–Kier alpha value is -2.20. The van der Waals surface area contributed by atoms with Crippen molar-refractivity contribution in [2.45, 2.75) is 6.54 Å². The lowest BCUT2D eigenvalue weighted by molar-refractivity contribution is 0.251. The summed E-state index contributed by atoms with van der Waals surface area (Å²) in [6.45, 7) is 0.256. The van der Waals surface area contributed by atoms with Crippen LogP contribution in [0.25, 0.3) is 0 Å². The maximum absolute atomic E-state index is 11.6. The van der Waals surface area contributed by atoms with Crippen molar-refractivity contribution in [3.05, 3.63) is 59.1 Å². The molecule has 19 heavy (non-hydrogen) atoms.